The number of fused-ring (bicyclic) bond motifs is 1. The Kier molecular flexibility index (Phi) is 5.84. The fraction of sp³-hybridized carbons (Fsp3) is 0.348. The van der Waals surface area contributed by atoms with E-state index in [1.54, 1.807) is 12.3 Å². The minimum absolute atomic E-state index is 0.533. The number of hydrogen-bond acceptors (Lipinski definition) is 7. The molecule has 2 aromatic carbocycles. The Bertz CT molecular complexity index is 1040. The predicted molar refractivity (Wildman–Crippen MR) is 111 cm³/mol. The molecule has 0 amide bonds. The third kappa shape index (κ3) is 3.72. The second-order valence-corrected chi connectivity index (χ2v) is 7.72. The van der Waals surface area contributed by atoms with Crippen molar-refractivity contribution in [2.45, 2.75) is 43.5 Å². The van der Waals surface area contributed by atoms with Gasteiger partial charge in [0.05, 0.1) is 12.1 Å². The molecule has 7 heteroatoms. The van der Waals surface area contributed by atoms with Crippen molar-refractivity contribution < 1.29 is 30.3 Å². The Hall–Kier alpha value is -2.39. The number of aliphatic hydroxyl groups excluding tert-OH is 5. The molecule has 6 atom stereocenters. The molecule has 7 nitrogen and oxygen atoms in total. The second-order valence-electron chi connectivity index (χ2n) is 7.72. The van der Waals surface area contributed by atoms with Crippen LogP contribution in [0.25, 0.3) is 22.0 Å². The van der Waals surface area contributed by atoms with Gasteiger partial charge in [0.2, 0.25) is 0 Å². The lowest BCUT2D eigenvalue weighted by molar-refractivity contribution is -0.250. The van der Waals surface area contributed by atoms with Crippen LogP contribution in [0, 0.1) is 6.92 Å². The highest BCUT2D eigenvalue weighted by Crippen LogP contribution is 2.33. The van der Waals surface area contributed by atoms with E-state index in [-0.39, 0.29) is 0 Å². The molecule has 30 heavy (non-hydrogen) atoms. The van der Waals surface area contributed by atoms with Crippen LogP contribution in [-0.4, -0.2) is 67.6 Å². The average Bonchev–Trinajstić information content (AvgIpc) is 2.77. The van der Waals surface area contributed by atoms with Gasteiger partial charge in [0.1, 0.15) is 36.6 Å². The Labute approximate surface area is 173 Å². The molecule has 1 fully saturated rings. The van der Waals surface area contributed by atoms with Gasteiger partial charge >= 0.3 is 0 Å². The zero-order chi connectivity index (χ0) is 21.4. The smallest absolute Gasteiger partial charge is 0.117 e. The number of ether oxygens (including phenoxy) is 1. The van der Waals surface area contributed by atoms with E-state index >= 15 is 0 Å². The van der Waals surface area contributed by atoms with Crippen molar-refractivity contribution in [3.05, 3.63) is 65.9 Å². The fourth-order valence-electron chi connectivity index (χ4n) is 4.01. The lowest BCUT2D eigenvalue weighted by Gasteiger charge is -2.42. The first-order chi connectivity index (χ1) is 14.4. The lowest BCUT2D eigenvalue weighted by Crippen LogP contribution is -2.59. The quantitative estimate of drug-likeness (QED) is 0.435. The Morgan fingerprint density at radius 1 is 0.967 bits per heavy atom. The molecule has 0 spiro atoms. The minimum Gasteiger partial charge on any atom is -0.394 e. The predicted octanol–water partition coefficient (Wildman–Crippen LogP) is 1.09. The van der Waals surface area contributed by atoms with E-state index in [1.165, 1.54) is 0 Å². The summed E-state index contributed by atoms with van der Waals surface area (Å²) in [4.78, 5) is 4.33. The molecule has 0 saturated carbocycles. The van der Waals surface area contributed by atoms with Crippen LogP contribution in [-0.2, 0) is 4.74 Å². The first-order valence-electron chi connectivity index (χ1n) is 9.85. The van der Waals surface area contributed by atoms with Crippen LogP contribution in [0.5, 0.6) is 0 Å². The van der Waals surface area contributed by atoms with Gasteiger partial charge in [0.25, 0.3) is 0 Å². The molecule has 3 aromatic rings. The van der Waals surface area contributed by atoms with Crippen molar-refractivity contribution in [3.63, 3.8) is 0 Å². The third-order valence-electron chi connectivity index (χ3n) is 5.77. The van der Waals surface area contributed by atoms with Gasteiger partial charge in [-0.05, 0) is 47.4 Å². The fourth-order valence-corrected chi connectivity index (χ4v) is 4.01. The summed E-state index contributed by atoms with van der Waals surface area (Å²) in [6, 6.07) is 15.4. The van der Waals surface area contributed by atoms with Gasteiger partial charge < -0.3 is 30.3 Å². The summed E-state index contributed by atoms with van der Waals surface area (Å²) in [6.07, 6.45) is -6.22. The van der Waals surface area contributed by atoms with Gasteiger partial charge in [-0.3, -0.25) is 4.98 Å². The topological polar surface area (TPSA) is 123 Å². The lowest BCUT2D eigenvalue weighted by atomic mass is 9.88. The van der Waals surface area contributed by atoms with Crippen molar-refractivity contribution in [2.24, 2.45) is 0 Å². The molecule has 1 aliphatic heterocycles. The van der Waals surface area contributed by atoms with E-state index in [4.69, 9.17) is 4.74 Å². The Morgan fingerprint density at radius 2 is 1.70 bits per heavy atom. The summed E-state index contributed by atoms with van der Waals surface area (Å²) < 4.78 is 5.50. The third-order valence-corrected chi connectivity index (χ3v) is 5.77. The van der Waals surface area contributed by atoms with Crippen molar-refractivity contribution in [3.8, 4) is 11.1 Å². The highest BCUT2D eigenvalue weighted by Gasteiger charge is 2.46. The number of pyridine rings is 1. The van der Waals surface area contributed by atoms with Crippen LogP contribution in [0.15, 0.2) is 54.7 Å². The zero-order valence-corrected chi connectivity index (χ0v) is 16.5. The number of aliphatic hydroxyl groups is 5. The Morgan fingerprint density at radius 3 is 2.43 bits per heavy atom. The van der Waals surface area contributed by atoms with Crippen molar-refractivity contribution in [2.75, 3.05) is 6.61 Å². The maximum Gasteiger partial charge on any atom is 0.117 e. The maximum absolute atomic E-state index is 10.8. The standard InChI is InChI=1S/C23H25NO6/c1-12-9-13(14-5-7-17-15(10-14)3-2-8-24-17)4-6-16(12)19(26)23-22(29)21(28)20(27)18(11-25)30-23/h2-10,18-23,25-29H,11H2,1H3/t18-,19-,20-,21+,22+,23-/m1/s1. The molecule has 5 N–H and O–H groups in total. The monoisotopic (exact) mass is 411 g/mol. The van der Waals surface area contributed by atoms with Gasteiger partial charge in [-0.15, -0.1) is 0 Å². The summed E-state index contributed by atoms with van der Waals surface area (Å²) in [5.41, 5.74) is 4.19. The number of nitrogens with zero attached hydrogens (tertiary/aromatic N) is 1. The number of benzene rings is 2. The highest BCUT2D eigenvalue weighted by atomic mass is 16.6. The molecule has 1 aliphatic rings. The summed E-state index contributed by atoms with van der Waals surface area (Å²) in [7, 11) is 0. The summed E-state index contributed by atoms with van der Waals surface area (Å²) in [6.45, 7) is 1.30. The summed E-state index contributed by atoms with van der Waals surface area (Å²) in [5.74, 6) is 0. The Balaban J connectivity index is 1.62. The number of rotatable bonds is 4. The van der Waals surface area contributed by atoms with Crippen LogP contribution in [0.1, 0.15) is 17.2 Å². The van der Waals surface area contributed by atoms with E-state index < -0.39 is 43.2 Å². The van der Waals surface area contributed by atoms with Crippen LogP contribution >= 0.6 is 0 Å². The molecule has 0 bridgehead atoms. The highest BCUT2D eigenvalue weighted by molar-refractivity contribution is 5.84. The first kappa shape index (κ1) is 20.9. The molecule has 0 aliphatic carbocycles. The molecule has 158 valence electrons. The number of aromatic nitrogens is 1. The molecule has 0 radical (unpaired) electrons. The molecule has 1 aromatic heterocycles. The number of hydrogen-bond donors (Lipinski definition) is 5. The summed E-state index contributed by atoms with van der Waals surface area (Å²) >= 11 is 0. The van der Waals surface area contributed by atoms with Crippen LogP contribution in [0.2, 0.25) is 0 Å². The molecule has 1 saturated heterocycles. The van der Waals surface area contributed by atoms with Gasteiger partial charge in [0.15, 0.2) is 0 Å². The molecular weight excluding hydrogens is 386 g/mol. The van der Waals surface area contributed by atoms with Crippen LogP contribution in [0.3, 0.4) is 0 Å². The van der Waals surface area contributed by atoms with E-state index in [9.17, 15) is 25.5 Å². The second kappa shape index (κ2) is 8.39. The molecule has 2 heterocycles. The minimum atomic E-state index is -1.53. The van der Waals surface area contributed by atoms with Crippen molar-refractivity contribution in [1.82, 2.24) is 4.98 Å². The number of aryl methyl sites for hydroxylation is 1. The van der Waals surface area contributed by atoms with Gasteiger partial charge in [-0.2, -0.15) is 0 Å². The van der Waals surface area contributed by atoms with Crippen molar-refractivity contribution in [1.29, 1.82) is 0 Å². The van der Waals surface area contributed by atoms with Crippen LogP contribution < -0.4 is 0 Å². The largest absolute Gasteiger partial charge is 0.394 e. The SMILES string of the molecule is Cc1cc(-c2ccc3ncccc3c2)ccc1[C@@H](O)[C@H]1O[C@H](CO)[C@@H](O)[C@H](O)[C@@H]1O. The average molecular weight is 411 g/mol. The van der Waals surface area contributed by atoms with E-state index in [2.05, 4.69) is 4.98 Å². The van der Waals surface area contributed by atoms with Gasteiger partial charge in [-0.25, -0.2) is 0 Å². The molecule has 0 unspecified atom stereocenters. The van der Waals surface area contributed by atoms with Gasteiger partial charge in [0, 0.05) is 11.6 Å². The summed E-state index contributed by atoms with van der Waals surface area (Å²) in [5, 5.41) is 51.5. The van der Waals surface area contributed by atoms with Crippen molar-refractivity contribution >= 4 is 10.9 Å². The van der Waals surface area contributed by atoms with Crippen LogP contribution in [0.4, 0.5) is 0 Å². The zero-order valence-electron chi connectivity index (χ0n) is 16.5. The molecular formula is C23H25NO6. The van der Waals surface area contributed by atoms with E-state index in [0.29, 0.717) is 5.56 Å². The maximum atomic E-state index is 10.8. The van der Waals surface area contributed by atoms with Gasteiger partial charge in [-0.1, -0.05) is 30.3 Å². The van der Waals surface area contributed by atoms with E-state index in [1.807, 2.05) is 49.4 Å². The normalized spacial score (nSPS) is 27.9. The first-order valence-corrected chi connectivity index (χ1v) is 9.85. The molecule has 4 rings (SSSR count). The van der Waals surface area contributed by atoms with E-state index in [0.717, 1.165) is 27.6 Å².